The maximum Gasteiger partial charge on any atom is 0.243 e. The number of carbonyl (C=O) groups excluding carboxylic acids is 1. The average molecular weight is 274 g/mol. The van der Waals surface area contributed by atoms with E-state index in [0.717, 1.165) is 25.7 Å². The van der Waals surface area contributed by atoms with E-state index in [9.17, 15) is 9.90 Å². The lowest BCUT2D eigenvalue weighted by atomic mass is 9.89. The number of amides is 1. The molecule has 1 aliphatic carbocycles. The van der Waals surface area contributed by atoms with Crippen molar-refractivity contribution in [3.8, 4) is 5.75 Å². The minimum absolute atomic E-state index is 0.00562. The van der Waals surface area contributed by atoms with Gasteiger partial charge in [0.15, 0.2) is 0 Å². The van der Waals surface area contributed by atoms with Crippen LogP contribution in [0.15, 0.2) is 29.4 Å². The quantitative estimate of drug-likeness (QED) is 0.654. The Morgan fingerprint density at radius 2 is 2.00 bits per heavy atom. The fraction of sp³-hybridized carbons (Fsp3) is 0.500. The highest BCUT2D eigenvalue weighted by atomic mass is 16.3. The summed E-state index contributed by atoms with van der Waals surface area (Å²) in [5.74, 6) is 0.293. The Kier molecular flexibility index (Phi) is 5.16. The van der Waals surface area contributed by atoms with E-state index in [0.29, 0.717) is 17.7 Å². The Morgan fingerprint density at radius 1 is 1.30 bits per heavy atom. The van der Waals surface area contributed by atoms with Gasteiger partial charge in [0.1, 0.15) is 5.75 Å². The first kappa shape index (κ1) is 14.6. The third kappa shape index (κ3) is 3.59. The molecule has 0 heterocycles. The summed E-state index contributed by atoms with van der Waals surface area (Å²) < 4.78 is 0. The first-order valence-corrected chi connectivity index (χ1v) is 7.37. The van der Waals surface area contributed by atoms with Crippen molar-refractivity contribution < 1.29 is 9.90 Å². The number of hydrogen-bond donors (Lipinski definition) is 2. The standard InChI is InChI=1S/C16H22N2O2/c1-2-14(13-10-6-7-11-15(13)19)17-18-16(20)12-8-4-3-5-9-12/h6-7,10-12,19H,2-5,8-9H2,1H3,(H,18,20)/b17-14+. The van der Waals surface area contributed by atoms with Crippen LogP contribution in [0.4, 0.5) is 0 Å². The molecule has 108 valence electrons. The van der Waals surface area contributed by atoms with Gasteiger partial charge in [-0.2, -0.15) is 5.10 Å². The second kappa shape index (κ2) is 7.08. The van der Waals surface area contributed by atoms with Crippen LogP contribution in [0.3, 0.4) is 0 Å². The van der Waals surface area contributed by atoms with Gasteiger partial charge >= 0.3 is 0 Å². The van der Waals surface area contributed by atoms with Crippen molar-refractivity contribution in [1.29, 1.82) is 0 Å². The maximum atomic E-state index is 12.1. The Hall–Kier alpha value is -1.84. The lowest BCUT2D eigenvalue weighted by Gasteiger charge is -2.19. The number of hydrazone groups is 1. The van der Waals surface area contributed by atoms with Crippen molar-refractivity contribution in [1.82, 2.24) is 5.43 Å². The van der Waals surface area contributed by atoms with Gasteiger partial charge in [-0.1, -0.05) is 38.3 Å². The van der Waals surface area contributed by atoms with Gasteiger partial charge in [0.2, 0.25) is 5.91 Å². The zero-order valence-electron chi connectivity index (χ0n) is 11.9. The minimum atomic E-state index is 0.00562. The smallest absolute Gasteiger partial charge is 0.243 e. The Labute approximate surface area is 119 Å². The van der Waals surface area contributed by atoms with Crippen molar-refractivity contribution in [2.75, 3.05) is 0 Å². The molecule has 0 atom stereocenters. The predicted octanol–water partition coefficient (Wildman–Crippen LogP) is 3.20. The van der Waals surface area contributed by atoms with Crippen molar-refractivity contribution in [3.05, 3.63) is 29.8 Å². The largest absolute Gasteiger partial charge is 0.507 e. The monoisotopic (exact) mass is 274 g/mol. The molecule has 4 heteroatoms. The third-order valence-corrected chi connectivity index (χ3v) is 3.83. The molecule has 4 nitrogen and oxygen atoms in total. The number of rotatable bonds is 4. The van der Waals surface area contributed by atoms with Crippen LogP contribution in [-0.4, -0.2) is 16.7 Å². The number of benzene rings is 1. The highest BCUT2D eigenvalue weighted by molar-refractivity contribution is 6.03. The number of carbonyl (C=O) groups is 1. The lowest BCUT2D eigenvalue weighted by Crippen LogP contribution is -2.29. The number of aromatic hydroxyl groups is 1. The van der Waals surface area contributed by atoms with Gasteiger partial charge in [0.25, 0.3) is 0 Å². The van der Waals surface area contributed by atoms with Crippen molar-refractivity contribution >= 4 is 11.6 Å². The van der Waals surface area contributed by atoms with Gasteiger partial charge in [0.05, 0.1) is 5.71 Å². The second-order valence-electron chi connectivity index (χ2n) is 5.24. The van der Waals surface area contributed by atoms with Gasteiger partial charge in [-0.3, -0.25) is 4.79 Å². The summed E-state index contributed by atoms with van der Waals surface area (Å²) in [5, 5.41) is 14.0. The van der Waals surface area contributed by atoms with Crippen LogP contribution in [0.25, 0.3) is 0 Å². The molecule has 1 saturated carbocycles. The molecule has 0 saturated heterocycles. The number of para-hydroxylation sites is 1. The highest BCUT2D eigenvalue weighted by Gasteiger charge is 2.20. The lowest BCUT2D eigenvalue weighted by molar-refractivity contribution is -0.125. The highest BCUT2D eigenvalue weighted by Crippen LogP contribution is 2.23. The number of nitrogens with zero attached hydrogens (tertiary/aromatic N) is 1. The molecule has 1 fully saturated rings. The van der Waals surface area contributed by atoms with Gasteiger partial charge in [-0.25, -0.2) is 5.43 Å². The number of phenols is 1. The molecule has 1 aliphatic rings. The van der Waals surface area contributed by atoms with Gasteiger partial charge < -0.3 is 5.11 Å². The summed E-state index contributed by atoms with van der Waals surface area (Å²) in [7, 11) is 0. The average Bonchev–Trinajstić information content (AvgIpc) is 2.50. The van der Waals surface area contributed by atoms with Crippen molar-refractivity contribution in [2.45, 2.75) is 45.4 Å². The molecule has 0 aromatic heterocycles. The zero-order chi connectivity index (χ0) is 14.4. The minimum Gasteiger partial charge on any atom is -0.507 e. The molecule has 20 heavy (non-hydrogen) atoms. The van der Waals surface area contributed by atoms with Crippen LogP contribution in [0.1, 0.15) is 51.0 Å². The first-order valence-electron chi connectivity index (χ1n) is 7.37. The third-order valence-electron chi connectivity index (χ3n) is 3.83. The molecule has 0 aliphatic heterocycles. The number of phenolic OH excluding ortho intramolecular Hbond substituents is 1. The van der Waals surface area contributed by atoms with E-state index < -0.39 is 0 Å². The van der Waals surface area contributed by atoms with E-state index in [4.69, 9.17) is 0 Å². The molecule has 1 aromatic carbocycles. The van der Waals surface area contributed by atoms with Crippen LogP contribution in [0.2, 0.25) is 0 Å². The SMILES string of the molecule is CC/C(=N\NC(=O)C1CCCCC1)c1ccccc1O. The van der Waals surface area contributed by atoms with Crippen LogP contribution in [0, 0.1) is 5.92 Å². The van der Waals surface area contributed by atoms with E-state index in [1.807, 2.05) is 19.1 Å². The second-order valence-corrected chi connectivity index (χ2v) is 5.24. The van der Waals surface area contributed by atoms with Crippen molar-refractivity contribution in [3.63, 3.8) is 0 Å². The topological polar surface area (TPSA) is 61.7 Å². The summed E-state index contributed by atoms with van der Waals surface area (Å²) in [4.78, 5) is 12.1. The van der Waals surface area contributed by atoms with E-state index in [2.05, 4.69) is 10.5 Å². The molecule has 1 aromatic rings. The molecule has 2 rings (SSSR count). The summed E-state index contributed by atoms with van der Waals surface area (Å²) in [6.45, 7) is 1.96. The Balaban J connectivity index is 2.04. The van der Waals surface area contributed by atoms with E-state index in [1.165, 1.54) is 6.42 Å². The fourth-order valence-corrected chi connectivity index (χ4v) is 2.63. The van der Waals surface area contributed by atoms with Gasteiger partial charge in [-0.05, 0) is 31.4 Å². The van der Waals surface area contributed by atoms with Crippen molar-refractivity contribution in [2.24, 2.45) is 11.0 Å². The molecular formula is C16H22N2O2. The molecule has 1 amide bonds. The van der Waals surface area contributed by atoms with E-state index >= 15 is 0 Å². The Morgan fingerprint density at radius 3 is 2.65 bits per heavy atom. The predicted molar refractivity (Wildman–Crippen MR) is 79.7 cm³/mol. The zero-order valence-corrected chi connectivity index (χ0v) is 11.9. The number of nitrogens with one attached hydrogen (secondary N) is 1. The molecule has 0 unspecified atom stereocenters. The van der Waals surface area contributed by atoms with Gasteiger partial charge in [-0.15, -0.1) is 0 Å². The molecule has 0 bridgehead atoms. The molecule has 2 N–H and O–H groups in total. The number of hydrogen-bond acceptors (Lipinski definition) is 3. The summed E-state index contributed by atoms with van der Waals surface area (Å²) in [6, 6.07) is 7.06. The van der Waals surface area contributed by atoms with Crippen LogP contribution in [-0.2, 0) is 4.79 Å². The summed E-state index contributed by atoms with van der Waals surface area (Å²) in [5.41, 5.74) is 4.05. The summed E-state index contributed by atoms with van der Waals surface area (Å²) >= 11 is 0. The Bertz CT molecular complexity index is 491. The first-order chi connectivity index (χ1) is 9.72. The summed E-state index contributed by atoms with van der Waals surface area (Å²) in [6.07, 6.45) is 6.05. The normalized spacial score (nSPS) is 16.9. The maximum absolute atomic E-state index is 12.1. The van der Waals surface area contributed by atoms with Crippen LogP contribution >= 0.6 is 0 Å². The van der Waals surface area contributed by atoms with Gasteiger partial charge in [0, 0.05) is 11.5 Å². The molecular weight excluding hydrogens is 252 g/mol. The fourth-order valence-electron chi connectivity index (χ4n) is 2.63. The van der Waals surface area contributed by atoms with Crippen LogP contribution < -0.4 is 5.43 Å². The van der Waals surface area contributed by atoms with E-state index in [-0.39, 0.29) is 17.6 Å². The molecule has 0 radical (unpaired) electrons. The van der Waals surface area contributed by atoms with Crippen LogP contribution in [0.5, 0.6) is 5.75 Å². The molecule has 0 spiro atoms. The van der Waals surface area contributed by atoms with E-state index in [1.54, 1.807) is 12.1 Å².